The summed E-state index contributed by atoms with van der Waals surface area (Å²) in [5.41, 5.74) is 14.0. The number of aliphatic imine (C=N–C) groups is 1. The van der Waals surface area contributed by atoms with Crippen molar-refractivity contribution in [1.82, 2.24) is 9.88 Å². The molecule has 1 aliphatic heterocycles. The molecule has 7 aromatic carbocycles. The number of benzene rings is 7. The second kappa shape index (κ2) is 13.1. The summed E-state index contributed by atoms with van der Waals surface area (Å²) in [6, 6.07) is 59.0. The summed E-state index contributed by atoms with van der Waals surface area (Å²) in [6.07, 6.45) is 11.1. The Bertz CT molecular complexity index is 2780. The number of allylic oxidation sites excluding steroid dienone is 5. The van der Waals surface area contributed by atoms with Crippen LogP contribution in [0.2, 0.25) is 0 Å². The minimum absolute atomic E-state index is 0.204. The summed E-state index contributed by atoms with van der Waals surface area (Å²) in [5.74, 6) is 0. The Hall–Kier alpha value is -6.71. The third-order valence-corrected chi connectivity index (χ3v) is 10.7. The number of nitrogens with one attached hydrogen (secondary N) is 1. The summed E-state index contributed by atoms with van der Waals surface area (Å²) >= 11 is 0. The number of nitrogens with zero attached hydrogens (tertiary/aromatic N) is 2. The second-order valence-electron chi connectivity index (χ2n) is 13.9. The Labute approximate surface area is 309 Å². The van der Waals surface area contributed by atoms with Crippen LogP contribution in [0.25, 0.3) is 60.7 Å². The lowest BCUT2D eigenvalue weighted by Crippen LogP contribution is -2.25. The zero-order valence-electron chi connectivity index (χ0n) is 29.3. The summed E-state index contributed by atoms with van der Waals surface area (Å²) in [6.45, 7) is 0. The Morgan fingerprint density at radius 1 is 0.528 bits per heavy atom. The monoisotopic (exact) mass is 679 g/mol. The van der Waals surface area contributed by atoms with Crippen molar-refractivity contribution in [3.63, 3.8) is 0 Å². The van der Waals surface area contributed by atoms with E-state index in [1.807, 2.05) is 0 Å². The normalized spacial score (nSPS) is 15.6. The third kappa shape index (κ3) is 5.58. The number of hydrogen-bond donors (Lipinski definition) is 1. The minimum Gasteiger partial charge on any atom is -0.359 e. The molecule has 252 valence electrons. The Balaban J connectivity index is 1.17. The molecule has 1 aliphatic carbocycles. The highest BCUT2D eigenvalue weighted by molar-refractivity contribution is 6.16. The van der Waals surface area contributed by atoms with Gasteiger partial charge in [0.1, 0.15) is 6.17 Å². The second-order valence-corrected chi connectivity index (χ2v) is 13.9. The molecule has 3 nitrogen and oxygen atoms in total. The molecule has 3 heteroatoms. The molecule has 0 amide bonds. The maximum absolute atomic E-state index is 5.19. The predicted molar refractivity (Wildman–Crippen MR) is 223 cm³/mol. The molecular weight excluding hydrogens is 643 g/mol. The third-order valence-electron chi connectivity index (χ3n) is 10.7. The highest BCUT2D eigenvalue weighted by Crippen LogP contribution is 2.40. The van der Waals surface area contributed by atoms with Crippen LogP contribution in [0, 0.1) is 0 Å². The Morgan fingerprint density at radius 3 is 1.89 bits per heavy atom. The van der Waals surface area contributed by atoms with Crippen LogP contribution >= 0.6 is 0 Å². The lowest BCUT2D eigenvalue weighted by Gasteiger charge is -2.26. The summed E-state index contributed by atoms with van der Waals surface area (Å²) in [5, 5.41) is 8.70. The van der Waals surface area contributed by atoms with E-state index in [9.17, 15) is 0 Å². The van der Waals surface area contributed by atoms with Crippen LogP contribution in [0.1, 0.15) is 41.3 Å². The largest absolute Gasteiger partial charge is 0.359 e. The fraction of sp³-hybridized carbons (Fsp3) is 0.0600. The minimum atomic E-state index is -0.204. The average Bonchev–Trinajstić information content (AvgIpc) is 3.57. The van der Waals surface area contributed by atoms with Crippen molar-refractivity contribution in [3.05, 3.63) is 210 Å². The van der Waals surface area contributed by atoms with Crippen molar-refractivity contribution < 1.29 is 0 Å². The first kappa shape index (κ1) is 31.1. The molecule has 1 N–H and O–H groups in total. The highest BCUT2D eigenvalue weighted by atomic mass is 15.1. The van der Waals surface area contributed by atoms with E-state index >= 15 is 0 Å². The first-order chi connectivity index (χ1) is 26.3. The maximum atomic E-state index is 5.19. The van der Waals surface area contributed by atoms with Gasteiger partial charge in [0.05, 0.1) is 22.4 Å². The number of fused-ring (bicyclic) bond motifs is 4. The predicted octanol–water partition coefficient (Wildman–Crippen LogP) is 12.5. The summed E-state index contributed by atoms with van der Waals surface area (Å²) in [4.78, 5) is 5.19. The number of rotatable bonds is 6. The Morgan fingerprint density at radius 2 is 1.17 bits per heavy atom. The van der Waals surface area contributed by atoms with E-state index in [1.165, 1.54) is 54.8 Å². The van der Waals surface area contributed by atoms with Gasteiger partial charge in [0.25, 0.3) is 0 Å². The quantitative estimate of drug-likeness (QED) is 0.186. The molecule has 0 radical (unpaired) electrons. The van der Waals surface area contributed by atoms with Gasteiger partial charge >= 0.3 is 0 Å². The van der Waals surface area contributed by atoms with Crippen LogP contribution in [0.3, 0.4) is 0 Å². The van der Waals surface area contributed by atoms with Crippen LogP contribution < -0.4 is 5.32 Å². The van der Waals surface area contributed by atoms with Gasteiger partial charge in [-0.15, -0.1) is 0 Å². The van der Waals surface area contributed by atoms with Gasteiger partial charge in [-0.25, -0.2) is 0 Å². The first-order valence-corrected chi connectivity index (χ1v) is 18.5. The van der Waals surface area contributed by atoms with Crippen LogP contribution in [-0.4, -0.2) is 10.3 Å². The lowest BCUT2D eigenvalue weighted by molar-refractivity contribution is 0.664. The van der Waals surface area contributed by atoms with Gasteiger partial charge in [-0.2, -0.15) is 0 Å². The van der Waals surface area contributed by atoms with Crippen LogP contribution in [0.5, 0.6) is 0 Å². The average molecular weight is 680 g/mol. The van der Waals surface area contributed by atoms with Crippen molar-refractivity contribution in [2.75, 3.05) is 0 Å². The van der Waals surface area contributed by atoms with Gasteiger partial charge in [-0.05, 0) is 88.0 Å². The highest BCUT2D eigenvalue weighted by Gasteiger charge is 2.22. The summed E-state index contributed by atoms with van der Waals surface area (Å²) < 4.78 is 2.47. The first-order valence-electron chi connectivity index (χ1n) is 18.5. The van der Waals surface area contributed by atoms with E-state index in [0.29, 0.717) is 0 Å². The molecule has 0 bridgehead atoms. The smallest absolute Gasteiger partial charge is 0.145 e. The molecule has 1 unspecified atom stereocenters. The molecular formula is C50H37N3. The molecule has 0 saturated heterocycles. The fourth-order valence-electron chi connectivity index (χ4n) is 8.06. The van der Waals surface area contributed by atoms with Gasteiger partial charge in [0, 0.05) is 27.4 Å². The maximum Gasteiger partial charge on any atom is 0.145 e. The van der Waals surface area contributed by atoms with Gasteiger partial charge in [0.15, 0.2) is 0 Å². The van der Waals surface area contributed by atoms with E-state index in [4.69, 9.17) is 4.99 Å². The molecule has 53 heavy (non-hydrogen) atoms. The van der Waals surface area contributed by atoms with Gasteiger partial charge in [-0.1, -0.05) is 152 Å². The van der Waals surface area contributed by atoms with E-state index < -0.39 is 0 Å². The van der Waals surface area contributed by atoms with Gasteiger partial charge in [0.2, 0.25) is 0 Å². The molecule has 0 saturated carbocycles. The fourth-order valence-corrected chi connectivity index (χ4v) is 8.06. The molecule has 2 heterocycles. The lowest BCUT2D eigenvalue weighted by atomic mass is 9.96. The Kier molecular flexibility index (Phi) is 7.69. The molecule has 1 atom stereocenters. The molecule has 1 aromatic heterocycles. The van der Waals surface area contributed by atoms with E-state index in [0.717, 1.165) is 46.6 Å². The zero-order valence-corrected chi connectivity index (χ0v) is 29.3. The van der Waals surface area contributed by atoms with E-state index in [2.05, 4.69) is 198 Å². The van der Waals surface area contributed by atoms with E-state index in [1.54, 1.807) is 0 Å². The molecule has 8 aromatic rings. The number of hydrogen-bond acceptors (Lipinski definition) is 2. The van der Waals surface area contributed by atoms with Crippen molar-refractivity contribution >= 4 is 49.6 Å². The van der Waals surface area contributed by atoms with Gasteiger partial charge < -0.3 is 9.88 Å². The van der Waals surface area contributed by atoms with Crippen LogP contribution in [0.4, 0.5) is 0 Å². The van der Waals surface area contributed by atoms with E-state index in [-0.39, 0.29) is 6.17 Å². The topological polar surface area (TPSA) is 29.3 Å². The number of aromatic nitrogens is 1. The molecule has 0 fully saturated rings. The van der Waals surface area contributed by atoms with Crippen LogP contribution in [0.15, 0.2) is 193 Å². The van der Waals surface area contributed by atoms with Crippen molar-refractivity contribution in [3.8, 4) is 16.8 Å². The molecule has 10 rings (SSSR count). The van der Waals surface area contributed by atoms with Crippen molar-refractivity contribution in [2.45, 2.75) is 19.0 Å². The SMILES string of the molecule is C1=CC(c2ccc3c(c2)c2cc(-c4ccccc4)ccc2n3-c2ccc(C3=CC(c4ccccc4)=NC(c4ccccc4)N3)c3ccccc23)=CCC1. The summed E-state index contributed by atoms with van der Waals surface area (Å²) in [7, 11) is 0. The standard InChI is InChI=1S/C50H37N3/c1-5-15-34(16-6-1)38-25-28-48-43(31-38)44-32-39(35-17-7-2-8-18-35)26-29-49(44)53(48)47-30-27-41(40-23-13-14-24-42(40)47)46-33-45(36-19-9-3-10-20-36)51-50(52-46)37-21-11-4-12-22-37/h1,3-7,9-33,50,52H,2,8H2. The molecule has 2 aliphatic rings. The van der Waals surface area contributed by atoms with Crippen LogP contribution in [-0.2, 0) is 0 Å². The van der Waals surface area contributed by atoms with Crippen molar-refractivity contribution in [1.29, 1.82) is 0 Å². The molecule has 0 spiro atoms. The van der Waals surface area contributed by atoms with Crippen molar-refractivity contribution in [2.24, 2.45) is 4.99 Å². The zero-order chi connectivity index (χ0) is 35.1. The van der Waals surface area contributed by atoms with Gasteiger partial charge in [-0.3, -0.25) is 4.99 Å².